The zero-order valence-corrected chi connectivity index (χ0v) is 12.2. The SMILES string of the molecule is CCN(CC)CCOc1ccc(C)cc1C#CCN. The van der Waals surface area contributed by atoms with Gasteiger partial charge in [-0.2, -0.15) is 0 Å². The first-order valence-electron chi connectivity index (χ1n) is 6.86. The fraction of sp³-hybridized carbons (Fsp3) is 0.500. The van der Waals surface area contributed by atoms with Gasteiger partial charge in [-0.05, 0) is 37.7 Å². The van der Waals surface area contributed by atoms with Crippen molar-refractivity contribution in [2.24, 2.45) is 5.73 Å². The van der Waals surface area contributed by atoms with Crippen LogP contribution in [0.2, 0.25) is 0 Å². The van der Waals surface area contributed by atoms with Crippen LogP contribution in [0.5, 0.6) is 5.75 Å². The number of benzene rings is 1. The predicted molar refractivity (Wildman–Crippen MR) is 80.4 cm³/mol. The van der Waals surface area contributed by atoms with Crippen LogP contribution in [0, 0.1) is 18.8 Å². The van der Waals surface area contributed by atoms with Gasteiger partial charge >= 0.3 is 0 Å². The van der Waals surface area contributed by atoms with Crippen LogP contribution < -0.4 is 10.5 Å². The van der Waals surface area contributed by atoms with Crippen LogP contribution in [0.15, 0.2) is 18.2 Å². The summed E-state index contributed by atoms with van der Waals surface area (Å²) < 4.78 is 5.84. The molecule has 19 heavy (non-hydrogen) atoms. The Morgan fingerprint density at radius 3 is 2.63 bits per heavy atom. The van der Waals surface area contributed by atoms with Gasteiger partial charge in [-0.1, -0.05) is 31.8 Å². The number of aryl methyl sites for hydroxylation is 1. The molecule has 0 fully saturated rings. The smallest absolute Gasteiger partial charge is 0.134 e. The molecule has 0 spiro atoms. The molecule has 0 bridgehead atoms. The fourth-order valence-corrected chi connectivity index (χ4v) is 1.84. The number of nitrogens with two attached hydrogens (primary N) is 1. The van der Waals surface area contributed by atoms with Crippen molar-refractivity contribution in [1.82, 2.24) is 4.90 Å². The maximum absolute atomic E-state index is 5.84. The van der Waals surface area contributed by atoms with Gasteiger partial charge in [0, 0.05) is 6.54 Å². The molecule has 0 radical (unpaired) electrons. The van der Waals surface area contributed by atoms with Gasteiger partial charge in [-0.25, -0.2) is 0 Å². The van der Waals surface area contributed by atoms with E-state index >= 15 is 0 Å². The minimum atomic E-state index is 0.368. The van der Waals surface area contributed by atoms with Crippen molar-refractivity contribution in [1.29, 1.82) is 0 Å². The molecule has 3 nitrogen and oxygen atoms in total. The van der Waals surface area contributed by atoms with Gasteiger partial charge < -0.3 is 15.4 Å². The van der Waals surface area contributed by atoms with Gasteiger partial charge in [-0.3, -0.25) is 0 Å². The Morgan fingerprint density at radius 1 is 1.26 bits per heavy atom. The van der Waals surface area contributed by atoms with Gasteiger partial charge in [0.1, 0.15) is 12.4 Å². The third kappa shape index (κ3) is 5.34. The average Bonchev–Trinajstić information content (AvgIpc) is 2.43. The van der Waals surface area contributed by atoms with Crippen molar-refractivity contribution in [3.8, 4) is 17.6 Å². The lowest BCUT2D eigenvalue weighted by atomic mass is 10.1. The Hall–Kier alpha value is -1.50. The monoisotopic (exact) mass is 260 g/mol. The van der Waals surface area contributed by atoms with Crippen LogP contribution in [-0.2, 0) is 0 Å². The maximum atomic E-state index is 5.84. The van der Waals surface area contributed by atoms with E-state index in [2.05, 4.69) is 30.6 Å². The molecule has 0 saturated heterocycles. The Morgan fingerprint density at radius 2 is 2.00 bits per heavy atom. The number of likely N-dealkylation sites (N-methyl/N-ethyl adjacent to an activating group) is 1. The molecule has 0 unspecified atom stereocenters. The Bertz CT molecular complexity index is 442. The lowest BCUT2D eigenvalue weighted by molar-refractivity contribution is 0.222. The second-order valence-electron chi connectivity index (χ2n) is 4.38. The summed E-state index contributed by atoms with van der Waals surface area (Å²) >= 11 is 0. The van der Waals surface area contributed by atoms with E-state index in [1.165, 1.54) is 5.56 Å². The van der Waals surface area contributed by atoms with E-state index in [9.17, 15) is 0 Å². The lowest BCUT2D eigenvalue weighted by Gasteiger charge is -2.18. The minimum absolute atomic E-state index is 0.368. The summed E-state index contributed by atoms with van der Waals surface area (Å²) in [5.41, 5.74) is 7.52. The molecule has 0 amide bonds. The third-order valence-electron chi connectivity index (χ3n) is 3.02. The summed E-state index contributed by atoms with van der Waals surface area (Å²) in [6.45, 7) is 10.5. The lowest BCUT2D eigenvalue weighted by Crippen LogP contribution is -2.28. The summed E-state index contributed by atoms with van der Waals surface area (Å²) in [6.07, 6.45) is 0. The van der Waals surface area contributed by atoms with E-state index in [0.29, 0.717) is 13.2 Å². The molecule has 2 N–H and O–H groups in total. The van der Waals surface area contributed by atoms with E-state index in [1.807, 2.05) is 25.1 Å². The topological polar surface area (TPSA) is 38.5 Å². The predicted octanol–water partition coefficient (Wildman–Crippen LogP) is 2.03. The van der Waals surface area contributed by atoms with E-state index in [4.69, 9.17) is 10.5 Å². The molecule has 1 aromatic carbocycles. The molecule has 0 aliphatic rings. The van der Waals surface area contributed by atoms with E-state index in [0.717, 1.165) is 30.9 Å². The van der Waals surface area contributed by atoms with E-state index in [1.54, 1.807) is 0 Å². The Kier molecular flexibility index (Phi) is 7.02. The minimum Gasteiger partial charge on any atom is -0.491 e. The second kappa shape index (κ2) is 8.58. The summed E-state index contributed by atoms with van der Waals surface area (Å²) in [6, 6.07) is 6.06. The highest BCUT2D eigenvalue weighted by Gasteiger charge is 2.03. The van der Waals surface area contributed by atoms with Gasteiger partial charge in [0.2, 0.25) is 0 Å². The van der Waals surface area contributed by atoms with Gasteiger partial charge in [-0.15, -0.1) is 0 Å². The zero-order valence-electron chi connectivity index (χ0n) is 12.2. The molecule has 1 aromatic rings. The molecular weight excluding hydrogens is 236 g/mol. The summed E-state index contributed by atoms with van der Waals surface area (Å²) in [7, 11) is 0. The molecule has 3 heteroatoms. The molecule has 0 atom stereocenters. The van der Waals surface area contributed by atoms with Gasteiger partial charge in [0.15, 0.2) is 0 Å². The van der Waals surface area contributed by atoms with Crippen molar-refractivity contribution in [3.05, 3.63) is 29.3 Å². The van der Waals surface area contributed by atoms with Crippen molar-refractivity contribution in [2.75, 3.05) is 32.8 Å². The molecule has 0 aromatic heterocycles. The molecule has 0 aliphatic carbocycles. The van der Waals surface area contributed by atoms with E-state index < -0.39 is 0 Å². The quantitative estimate of drug-likeness (QED) is 0.795. The molecular formula is C16H24N2O. The van der Waals surface area contributed by atoms with Crippen LogP contribution >= 0.6 is 0 Å². The van der Waals surface area contributed by atoms with Crippen molar-refractivity contribution in [3.63, 3.8) is 0 Å². The highest BCUT2D eigenvalue weighted by molar-refractivity contribution is 5.48. The normalized spacial score (nSPS) is 10.2. The van der Waals surface area contributed by atoms with Crippen LogP contribution in [0.25, 0.3) is 0 Å². The van der Waals surface area contributed by atoms with Crippen molar-refractivity contribution in [2.45, 2.75) is 20.8 Å². The molecule has 0 heterocycles. The fourth-order valence-electron chi connectivity index (χ4n) is 1.84. The Labute approximate surface area is 116 Å². The van der Waals surface area contributed by atoms with Gasteiger partial charge in [0.05, 0.1) is 12.1 Å². The summed E-state index contributed by atoms with van der Waals surface area (Å²) in [5, 5.41) is 0. The first kappa shape index (κ1) is 15.6. The number of ether oxygens (including phenoxy) is 1. The first-order valence-corrected chi connectivity index (χ1v) is 6.86. The highest BCUT2D eigenvalue weighted by atomic mass is 16.5. The number of nitrogens with zero attached hydrogens (tertiary/aromatic N) is 1. The van der Waals surface area contributed by atoms with E-state index in [-0.39, 0.29) is 0 Å². The summed E-state index contributed by atoms with van der Waals surface area (Å²) in [4.78, 5) is 2.33. The largest absolute Gasteiger partial charge is 0.491 e. The molecule has 104 valence electrons. The second-order valence-corrected chi connectivity index (χ2v) is 4.38. The Balaban J connectivity index is 2.67. The zero-order chi connectivity index (χ0) is 14.1. The maximum Gasteiger partial charge on any atom is 0.134 e. The van der Waals surface area contributed by atoms with Crippen molar-refractivity contribution < 1.29 is 4.74 Å². The average molecular weight is 260 g/mol. The third-order valence-corrected chi connectivity index (χ3v) is 3.02. The molecule has 1 rings (SSSR count). The van der Waals surface area contributed by atoms with Crippen LogP contribution in [0.1, 0.15) is 25.0 Å². The van der Waals surface area contributed by atoms with Crippen LogP contribution in [0.4, 0.5) is 0 Å². The van der Waals surface area contributed by atoms with Gasteiger partial charge in [0.25, 0.3) is 0 Å². The molecule has 0 saturated carbocycles. The van der Waals surface area contributed by atoms with Crippen LogP contribution in [0.3, 0.4) is 0 Å². The van der Waals surface area contributed by atoms with Crippen LogP contribution in [-0.4, -0.2) is 37.7 Å². The standard InChI is InChI=1S/C16H24N2O/c1-4-18(5-2)11-12-19-16-9-8-14(3)13-15(16)7-6-10-17/h8-9,13H,4-5,10-12,17H2,1-3H3. The number of hydrogen-bond acceptors (Lipinski definition) is 3. The number of rotatable bonds is 6. The van der Waals surface area contributed by atoms with Crippen molar-refractivity contribution >= 4 is 0 Å². The first-order chi connectivity index (χ1) is 9.21. The number of hydrogen-bond donors (Lipinski definition) is 1. The summed E-state index contributed by atoms with van der Waals surface area (Å²) in [5.74, 6) is 6.79. The molecule has 0 aliphatic heterocycles. The highest BCUT2D eigenvalue weighted by Crippen LogP contribution is 2.19.